The number of thiophene rings is 2. The molecule has 2 aromatic rings. The fraction of sp³-hybridized carbons (Fsp3) is 0.333. The van der Waals surface area contributed by atoms with Crippen molar-refractivity contribution in [2.45, 2.75) is 17.2 Å². The lowest BCUT2D eigenvalue weighted by atomic mass is 10.3. The van der Waals surface area contributed by atoms with Crippen LogP contribution in [0.15, 0.2) is 33.9 Å². The zero-order chi connectivity index (χ0) is 13.9. The zero-order valence-electron chi connectivity index (χ0n) is 10.6. The van der Waals surface area contributed by atoms with Gasteiger partial charge in [-0.1, -0.05) is 6.07 Å². The second-order valence-corrected chi connectivity index (χ2v) is 8.22. The summed E-state index contributed by atoms with van der Waals surface area (Å²) in [4.78, 5) is 2.20. The van der Waals surface area contributed by atoms with Crippen LogP contribution in [0.5, 0.6) is 0 Å². The van der Waals surface area contributed by atoms with Gasteiger partial charge in [0.05, 0.1) is 0 Å². The summed E-state index contributed by atoms with van der Waals surface area (Å²) in [5.41, 5.74) is 0. The second-order valence-electron chi connectivity index (χ2n) is 3.96. The first-order chi connectivity index (χ1) is 9.03. The Morgan fingerprint density at radius 3 is 2.68 bits per heavy atom. The lowest BCUT2D eigenvalue weighted by Crippen LogP contribution is -2.28. The van der Waals surface area contributed by atoms with Crippen molar-refractivity contribution in [3.63, 3.8) is 0 Å². The summed E-state index contributed by atoms with van der Waals surface area (Å²) in [5.74, 6) is 0. The largest absolute Gasteiger partial charge is 0.375 e. The van der Waals surface area contributed by atoms with Crippen LogP contribution in [0.3, 0.4) is 0 Å². The van der Waals surface area contributed by atoms with Gasteiger partial charge in [0, 0.05) is 23.4 Å². The van der Waals surface area contributed by atoms with Crippen molar-refractivity contribution in [2.75, 3.05) is 13.7 Å². The molecule has 0 aromatic carbocycles. The Balaban J connectivity index is 2.05. The van der Waals surface area contributed by atoms with E-state index in [-0.39, 0.29) is 12.6 Å². The molecule has 0 amide bonds. The van der Waals surface area contributed by atoms with Gasteiger partial charge in [0.2, 0.25) is 10.0 Å². The van der Waals surface area contributed by atoms with Crippen molar-refractivity contribution < 1.29 is 13.2 Å². The molecule has 19 heavy (non-hydrogen) atoms. The van der Waals surface area contributed by atoms with Crippen molar-refractivity contribution in [1.29, 1.82) is 0 Å². The van der Waals surface area contributed by atoms with E-state index in [1.165, 1.54) is 16.2 Å². The number of aryl methyl sites for hydroxylation is 1. The minimum Gasteiger partial charge on any atom is -0.375 e. The van der Waals surface area contributed by atoms with E-state index in [1.54, 1.807) is 36.0 Å². The summed E-state index contributed by atoms with van der Waals surface area (Å²) in [5, 5.41) is 1.74. The Bertz CT molecular complexity index is 616. The van der Waals surface area contributed by atoms with E-state index in [0.29, 0.717) is 4.21 Å². The molecule has 1 N–H and O–H groups in total. The van der Waals surface area contributed by atoms with Gasteiger partial charge in [-0.2, -0.15) is 0 Å². The normalized spacial score (nSPS) is 13.6. The summed E-state index contributed by atoms with van der Waals surface area (Å²) >= 11 is 2.81. The molecule has 7 heteroatoms. The minimum atomic E-state index is -3.43. The molecule has 104 valence electrons. The van der Waals surface area contributed by atoms with Crippen molar-refractivity contribution in [3.8, 4) is 0 Å². The summed E-state index contributed by atoms with van der Waals surface area (Å²) < 4.78 is 32.3. The van der Waals surface area contributed by atoms with Gasteiger partial charge < -0.3 is 4.74 Å². The molecule has 0 aliphatic rings. The fourth-order valence-corrected chi connectivity index (χ4v) is 4.62. The van der Waals surface area contributed by atoms with Gasteiger partial charge in [0.1, 0.15) is 10.3 Å². The molecule has 4 nitrogen and oxygen atoms in total. The molecular weight excluding hydrogens is 302 g/mol. The summed E-state index contributed by atoms with van der Waals surface area (Å²) in [6, 6.07) is 7.27. The quantitative estimate of drug-likeness (QED) is 0.891. The molecule has 0 radical (unpaired) electrons. The van der Waals surface area contributed by atoms with E-state index in [2.05, 4.69) is 4.72 Å². The maximum Gasteiger partial charge on any atom is 0.250 e. The number of nitrogens with one attached hydrogen (secondary N) is 1. The van der Waals surface area contributed by atoms with Crippen LogP contribution in [0, 0.1) is 6.92 Å². The molecule has 0 unspecified atom stereocenters. The van der Waals surface area contributed by atoms with Crippen LogP contribution >= 0.6 is 22.7 Å². The molecule has 2 rings (SSSR count). The standard InChI is InChI=1S/C12H15NO3S3/c1-9-5-6-11(18-9)10(16-2)8-13-19(14,15)12-4-3-7-17-12/h3-7,10,13H,8H2,1-2H3/t10-/m1/s1. The van der Waals surface area contributed by atoms with Crippen molar-refractivity contribution in [3.05, 3.63) is 39.4 Å². The Kier molecular flexibility index (Phi) is 4.75. The van der Waals surface area contributed by atoms with Crippen LogP contribution in [-0.2, 0) is 14.8 Å². The molecule has 2 aromatic heterocycles. The van der Waals surface area contributed by atoms with Crippen molar-refractivity contribution >= 4 is 32.7 Å². The highest BCUT2D eigenvalue weighted by Crippen LogP contribution is 2.25. The van der Waals surface area contributed by atoms with Crippen LogP contribution in [0.25, 0.3) is 0 Å². The highest BCUT2D eigenvalue weighted by Gasteiger charge is 2.19. The predicted octanol–water partition coefficient (Wildman–Crippen LogP) is 2.78. The molecule has 0 spiro atoms. The van der Waals surface area contributed by atoms with Gasteiger partial charge in [-0.25, -0.2) is 13.1 Å². The first kappa shape index (κ1) is 14.7. The third-order valence-electron chi connectivity index (χ3n) is 2.58. The number of hydrogen-bond donors (Lipinski definition) is 1. The third kappa shape index (κ3) is 3.64. The van der Waals surface area contributed by atoms with E-state index in [1.807, 2.05) is 19.1 Å². The van der Waals surface area contributed by atoms with Gasteiger partial charge in [0.15, 0.2) is 0 Å². The number of methoxy groups -OCH3 is 1. The summed E-state index contributed by atoms with van der Waals surface area (Å²) in [6.07, 6.45) is -0.256. The molecule has 1 atom stereocenters. The molecule has 0 aliphatic carbocycles. The fourth-order valence-electron chi connectivity index (χ4n) is 1.60. The first-order valence-corrected chi connectivity index (χ1v) is 8.83. The highest BCUT2D eigenvalue weighted by molar-refractivity contribution is 7.91. The monoisotopic (exact) mass is 317 g/mol. The topological polar surface area (TPSA) is 55.4 Å². The van der Waals surface area contributed by atoms with Crippen LogP contribution in [0.1, 0.15) is 15.9 Å². The van der Waals surface area contributed by atoms with Gasteiger partial charge in [-0.15, -0.1) is 22.7 Å². The van der Waals surface area contributed by atoms with Gasteiger partial charge in [-0.05, 0) is 30.5 Å². The molecule has 0 fully saturated rings. The van der Waals surface area contributed by atoms with Gasteiger partial charge in [0.25, 0.3) is 0 Å². The van der Waals surface area contributed by atoms with Crippen molar-refractivity contribution in [2.24, 2.45) is 0 Å². The van der Waals surface area contributed by atoms with Gasteiger partial charge >= 0.3 is 0 Å². The lowest BCUT2D eigenvalue weighted by molar-refractivity contribution is 0.110. The molecule has 0 aliphatic heterocycles. The van der Waals surface area contributed by atoms with E-state index in [0.717, 1.165) is 4.88 Å². The Hall–Kier alpha value is -0.730. The smallest absolute Gasteiger partial charge is 0.250 e. The first-order valence-electron chi connectivity index (χ1n) is 5.65. The molecular formula is C12H15NO3S3. The highest BCUT2D eigenvalue weighted by atomic mass is 32.2. The number of ether oxygens (including phenoxy) is 1. The Morgan fingerprint density at radius 1 is 1.37 bits per heavy atom. The molecule has 2 heterocycles. The molecule has 0 saturated heterocycles. The second kappa shape index (κ2) is 6.15. The van der Waals surface area contributed by atoms with E-state index < -0.39 is 10.0 Å². The summed E-state index contributed by atoms with van der Waals surface area (Å²) in [7, 11) is -1.85. The SMILES string of the molecule is CO[C@H](CNS(=O)(=O)c1cccs1)c1ccc(C)s1. The third-order valence-corrected chi connectivity index (χ3v) is 6.50. The lowest BCUT2D eigenvalue weighted by Gasteiger charge is -2.14. The predicted molar refractivity (Wildman–Crippen MR) is 78.3 cm³/mol. The molecule has 0 saturated carbocycles. The average Bonchev–Trinajstić information content (AvgIpc) is 3.01. The van der Waals surface area contributed by atoms with E-state index >= 15 is 0 Å². The van der Waals surface area contributed by atoms with Crippen LogP contribution in [-0.4, -0.2) is 22.1 Å². The van der Waals surface area contributed by atoms with Crippen LogP contribution in [0.2, 0.25) is 0 Å². The van der Waals surface area contributed by atoms with Gasteiger partial charge in [-0.3, -0.25) is 0 Å². The summed E-state index contributed by atoms with van der Waals surface area (Å²) in [6.45, 7) is 2.24. The van der Waals surface area contributed by atoms with Crippen LogP contribution < -0.4 is 4.72 Å². The Labute approximate surface area is 121 Å². The number of hydrogen-bond acceptors (Lipinski definition) is 5. The average molecular weight is 317 g/mol. The molecule has 0 bridgehead atoms. The maximum atomic E-state index is 12.0. The number of rotatable bonds is 6. The number of sulfonamides is 1. The Morgan fingerprint density at radius 2 is 2.16 bits per heavy atom. The minimum absolute atomic E-state index is 0.233. The maximum absolute atomic E-state index is 12.0. The van der Waals surface area contributed by atoms with Crippen molar-refractivity contribution in [1.82, 2.24) is 4.72 Å². The van der Waals surface area contributed by atoms with E-state index in [4.69, 9.17) is 4.74 Å². The van der Waals surface area contributed by atoms with Crippen LogP contribution in [0.4, 0.5) is 0 Å². The zero-order valence-corrected chi connectivity index (χ0v) is 13.1. The van der Waals surface area contributed by atoms with E-state index in [9.17, 15) is 8.42 Å².